The van der Waals surface area contributed by atoms with Crippen LogP contribution in [0.4, 0.5) is 0 Å². The molecule has 0 saturated carbocycles. The number of fused-ring (bicyclic) bond motifs is 1. The van der Waals surface area contributed by atoms with Crippen LogP contribution in [-0.2, 0) is 0 Å². The first-order valence-corrected chi connectivity index (χ1v) is 6.14. The number of hydrogen-bond acceptors (Lipinski definition) is 2. The Morgan fingerprint density at radius 2 is 1.82 bits per heavy atom. The maximum absolute atomic E-state index is 5.82. The molecule has 0 unspecified atom stereocenters. The molecular weight excluding hydrogens is 210 g/mol. The zero-order valence-electron chi connectivity index (χ0n) is 10.9. The van der Waals surface area contributed by atoms with Crippen LogP contribution in [0.25, 0.3) is 10.9 Å². The minimum absolute atomic E-state index is 0.184. The van der Waals surface area contributed by atoms with Gasteiger partial charge in [-0.25, -0.2) is 0 Å². The van der Waals surface area contributed by atoms with Crippen molar-refractivity contribution in [1.82, 2.24) is 4.98 Å². The normalized spacial score (nSPS) is 11.4. The molecule has 0 radical (unpaired) electrons. The molecule has 0 aliphatic rings. The Bertz CT molecular complexity index is 517. The highest BCUT2D eigenvalue weighted by Gasteiger charge is 2.10. The van der Waals surface area contributed by atoms with Crippen LogP contribution in [0.15, 0.2) is 30.5 Å². The van der Waals surface area contributed by atoms with Crippen molar-refractivity contribution in [3.63, 3.8) is 0 Å². The molecule has 2 rings (SSSR count). The van der Waals surface area contributed by atoms with E-state index in [2.05, 4.69) is 37.0 Å². The summed E-state index contributed by atoms with van der Waals surface area (Å²) in [5, 5.41) is 1.10. The molecule has 1 aromatic heterocycles. The Labute approximate surface area is 103 Å². The van der Waals surface area contributed by atoms with Gasteiger partial charge in [0.1, 0.15) is 5.75 Å². The molecule has 1 aromatic carbocycles. The minimum atomic E-state index is 0.184. The summed E-state index contributed by atoms with van der Waals surface area (Å²) in [6, 6.07) is 8.21. The van der Waals surface area contributed by atoms with Crippen molar-refractivity contribution in [2.45, 2.75) is 39.7 Å². The third-order valence-electron chi connectivity index (χ3n) is 2.75. The topological polar surface area (TPSA) is 22.1 Å². The first-order valence-electron chi connectivity index (χ1n) is 6.14. The van der Waals surface area contributed by atoms with Crippen LogP contribution in [0, 0.1) is 0 Å². The average Bonchev–Trinajstić information content (AvgIpc) is 2.28. The van der Waals surface area contributed by atoms with E-state index in [1.165, 1.54) is 5.56 Å². The maximum Gasteiger partial charge on any atom is 0.129 e. The lowest BCUT2D eigenvalue weighted by molar-refractivity contribution is 0.245. The Balaban J connectivity index is 2.62. The van der Waals surface area contributed by atoms with Gasteiger partial charge in [0.2, 0.25) is 0 Å². The van der Waals surface area contributed by atoms with Gasteiger partial charge in [0.15, 0.2) is 0 Å². The molecule has 0 atom stereocenters. The summed E-state index contributed by atoms with van der Waals surface area (Å²) in [5.41, 5.74) is 2.33. The van der Waals surface area contributed by atoms with E-state index in [-0.39, 0.29) is 6.10 Å². The predicted octanol–water partition coefficient (Wildman–Crippen LogP) is 4.15. The summed E-state index contributed by atoms with van der Waals surface area (Å²) in [7, 11) is 0. The second kappa shape index (κ2) is 4.74. The summed E-state index contributed by atoms with van der Waals surface area (Å²) in [4.78, 5) is 4.49. The number of hydrogen-bond donors (Lipinski definition) is 0. The molecule has 1 heterocycles. The molecule has 0 saturated heterocycles. The van der Waals surface area contributed by atoms with E-state index >= 15 is 0 Å². The van der Waals surface area contributed by atoms with Crippen molar-refractivity contribution in [1.29, 1.82) is 0 Å². The number of nitrogens with zero attached hydrogens (tertiary/aromatic N) is 1. The molecule has 0 N–H and O–H groups in total. The number of ether oxygens (including phenoxy) is 1. The number of aromatic nitrogens is 1. The van der Waals surface area contributed by atoms with Gasteiger partial charge in [-0.1, -0.05) is 19.9 Å². The maximum atomic E-state index is 5.82. The fourth-order valence-electron chi connectivity index (χ4n) is 1.99. The third kappa shape index (κ3) is 2.41. The summed E-state index contributed by atoms with van der Waals surface area (Å²) in [6.07, 6.45) is 2.02. The van der Waals surface area contributed by atoms with Crippen molar-refractivity contribution in [2.24, 2.45) is 0 Å². The summed E-state index contributed by atoms with van der Waals surface area (Å²) in [6.45, 7) is 8.45. The number of rotatable bonds is 3. The molecule has 0 aliphatic heterocycles. The van der Waals surface area contributed by atoms with Crippen LogP contribution in [0.5, 0.6) is 5.75 Å². The zero-order valence-corrected chi connectivity index (χ0v) is 10.9. The standard InChI is InChI=1S/C15H19NO/c1-10(2)12-7-8-14(17-11(3)4)13-6-5-9-16-15(12)13/h5-11H,1-4H3. The lowest BCUT2D eigenvalue weighted by atomic mass is 9.99. The van der Waals surface area contributed by atoms with Gasteiger partial charge in [0.05, 0.1) is 11.6 Å². The summed E-state index contributed by atoms with van der Waals surface area (Å²) >= 11 is 0. The molecule has 0 bridgehead atoms. The first kappa shape index (κ1) is 11.9. The van der Waals surface area contributed by atoms with Gasteiger partial charge in [0, 0.05) is 11.6 Å². The molecule has 17 heavy (non-hydrogen) atoms. The second-order valence-corrected chi connectivity index (χ2v) is 4.87. The molecule has 90 valence electrons. The smallest absolute Gasteiger partial charge is 0.129 e. The van der Waals surface area contributed by atoms with E-state index in [0.29, 0.717) is 5.92 Å². The average molecular weight is 229 g/mol. The number of pyridine rings is 1. The SMILES string of the molecule is CC(C)Oc1ccc(C(C)C)c2ncccc12. The van der Waals surface area contributed by atoms with E-state index in [9.17, 15) is 0 Å². The highest BCUT2D eigenvalue weighted by Crippen LogP contribution is 2.31. The lowest BCUT2D eigenvalue weighted by Crippen LogP contribution is -2.06. The molecule has 0 fully saturated rings. The van der Waals surface area contributed by atoms with Crippen molar-refractivity contribution < 1.29 is 4.74 Å². The van der Waals surface area contributed by atoms with Gasteiger partial charge in [-0.3, -0.25) is 4.98 Å². The molecule has 0 spiro atoms. The highest BCUT2D eigenvalue weighted by atomic mass is 16.5. The van der Waals surface area contributed by atoms with Crippen molar-refractivity contribution in [3.05, 3.63) is 36.0 Å². The van der Waals surface area contributed by atoms with Gasteiger partial charge in [-0.2, -0.15) is 0 Å². The molecule has 2 aromatic rings. The Morgan fingerprint density at radius 1 is 1.06 bits per heavy atom. The van der Waals surface area contributed by atoms with Crippen LogP contribution < -0.4 is 4.74 Å². The third-order valence-corrected chi connectivity index (χ3v) is 2.75. The first-order chi connectivity index (χ1) is 8.09. The van der Waals surface area contributed by atoms with Gasteiger partial charge in [-0.15, -0.1) is 0 Å². The van der Waals surface area contributed by atoms with Crippen LogP contribution in [0.2, 0.25) is 0 Å². The second-order valence-electron chi connectivity index (χ2n) is 4.87. The summed E-state index contributed by atoms with van der Waals surface area (Å²) < 4.78 is 5.82. The van der Waals surface area contributed by atoms with Gasteiger partial charge in [-0.05, 0) is 43.5 Å². The van der Waals surface area contributed by atoms with E-state index < -0.39 is 0 Å². The van der Waals surface area contributed by atoms with E-state index in [4.69, 9.17) is 4.74 Å². The number of benzene rings is 1. The quantitative estimate of drug-likeness (QED) is 0.789. The molecule has 2 nitrogen and oxygen atoms in total. The Morgan fingerprint density at radius 3 is 2.47 bits per heavy atom. The Kier molecular flexibility index (Phi) is 3.32. The van der Waals surface area contributed by atoms with E-state index in [1.54, 1.807) is 0 Å². The Hall–Kier alpha value is -1.57. The fourth-order valence-corrected chi connectivity index (χ4v) is 1.99. The van der Waals surface area contributed by atoms with Crippen molar-refractivity contribution in [3.8, 4) is 5.75 Å². The van der Waals surface area contributed by atoms with E-state index in [0.717, 1.165) is 16.7 Å². The van der Waals surface area contributed by atoms with Gasteiger partial charge >= 0.3 is 0 Å². The lowest BCUT2D eigenvalue weighted by Gasteiger charge is -2.15. The van der Waals surface area contributed by atoms with Gasteiger partial charge < -0.3 is 4.74 Å². The fraction of sp³-hybridized carbons (Fsp3) is 0.400. The monoisotopic (exact) mass is 229 g/mol. The van der Waals surface area contributed by atoms with Crippen LogP contribution >= 0.6 is 0 Å². The predicted molar refractivity (Wildman–Crippen MR) is 71.6 cm³/mol. The molecule has 0 aliphatic carbocycles. The highest BCUT2D eigenvalue weighted by molar-refractivity contribution is 5.88. The largest absolute Gasteiger partial charge is 0.490 e. The molecule has 2 heteroatoms. The van der Waals surface area contributed by atoms with Crippen LogP contribution in [0.1, 0.15) is 39.2 Å². The zero-order chi connectivity index (χ0) is 12.4. The van der Waals surface area contributed by atoms with Crippen LogP contribution in [0.3, 0.4) is 0 Å². The van der Waals surface area contributed by atoms with E-state index in [1.807, 2.05) is 26.1 Å². The van der Waals surface area contributed by atoms with Crippen LogP contribution in [-0.4, -0.2) is 11.1 Å². The minimum Gasteiger partial charge on any atom is -0.490 e. The molecule has 0 amide bonds. The molecular formula is C15H19NO. The van der Waals surface area contributed by atoms with Crippen molar-refractivity contribution in [2.75, 3.05) is 0 Å². The summed E-state index contributed by atoms with van der Waals surface area (Å²) in [5.74, 6) is 1.40. The van der Waals surface area contributed by atoms with Gasteiger partial charge in [0.25, 0.3) is 0 Å². The van der Waals surface area contributed by atoms with Crippen molar-refractivity contribution >= 4 is 10.9 Å².